The largest absolute Gasteiger partial charge is 0.391 e. The lowest BCUT2D eigenvalue weighted by atomic mass is 9.99. The van der Waals surface area contributed by atoms with E-state index in [4.69, 9.17) is 4.74 Å². The number of rotatable bonds is 5. The van der Waals surface area contributed by atoms with Crippen LogP contribution in [0.5, 0.6) is 0 Å². The van der Waals surface area contributed by atoms with Crippen LogP contribution in [0, 0.1) is 16.0 Å². The number of benzene rings is 1. The summed E-state index contributed by atoms with van der Waals surface area (Å²) in [7, 11) is 1.97. The summed E-state index contributed by atoms with van der Waals surface area (Å²) < 4.78 is 5.34. The Morgan fingerprint density at radius 1 is 1.45 bits per heavy atom. The van der Waals surface area contributed by atoms with Crippen molar-refractivity contribution < 1.29 is 14.8 Å². The minimum absolute atomic E-state index is 0.0317. The lowest BCUT2D eigenvalue weighted by Crippen LogP contribution is -2.29. The van der Waals surface area contributed by atoms with E-state index in [9.17, 15) is 15.2 Å². The molecule has 1 aromatic rings. The van der Waals surface area contributed by atoms with Gasteiger partial charge < -0.3 is 14.7 Å². The van der Waals surface area contributed by atoms with Gasteiger partial charge >= 0.3 is 0 Å². The maximum atomic E-state index is 10.8. The van der Waals surface area contributed by atoms with Gasteiger partial charge in [0.1, 0.15) is 0 Å². The first-order valence-electron chi connectivity index (χ1n) is 6.79. The molecule has 0 radical (unpaired) electrons. The Balaban J connectivity index is 2.09. The molecule has 1 saturated heterocycles. The van der Waals surface area contributed by atoms with E-state index in [2.05, 4.69) is 4.90 Å². The lowest BCUT2D eigenvalue weighted by Gasteiger charge is -2.28. The second-order valence-corrected chi connectivity index (χ2v) is 5.16. The van der Waals surface area contributed by atoms with Gasteiger partial charge in [0.05, 0.1) is 17.1 Å². The number of nitro benzene ring substituents is 1. The van der Waals surface area contributed by atoms with Crippen LogP contribution in [0.3, 0.4) is 0 Å². The predicted molar refractivity (Wildman–Crippen MR) is 75.8 cm³/mol. The number of hydrogen-bond acceptors (Lipinski definition) is 5. The molecule has 0 aliphatic carbocycles. The van der Waals surface area contributed by atoms with E-state index in [0.29, 0.717) is 11.5 Å². The Bertz CT molecular complexity index is 472. The Labute approximate surface area is 118 Å². The van der Waals surface area contributed by atoms with E-state index in [1.807, 2.05) is 7.05 Å². The SMILES string of the molecule is CN(CC1CCOCC1)c1ccc([N+](=O)[O-])c(CO)c1. The van der Waals surface area contributed by atoms with Crippen LogP contribution in [-0.4, -0.2) is 36.8 Å². The Hall–Kier alpha value is -1.66. The van der Waals surface area contributed by atoms with Gasteiger partial charge in [-0.15, -0.1) is 0 Å². The van der Waals surface area contributed by atoms with Gasteiger partial charge in [0, 0.05) is 38.6 Å². The fourth-order valence-electron chi connectivity index (χ4n) is 2.54. The molecule has 0 bridgehead atoms. The van der Waals surface area contributed by atoms with Crippen molar-refractivity contribution in [3.05, 3.63) is 33.9 Å². The van der Waals surface area contributed by atoms with Crippen LogP contribution in [0.25, 0.3) is 0 Å². The average molecular weight is 280 g/mol. The van der Waals surface area contributed by atoms with E-state index in [1.54, 1.807) is 12.1 Å². The van der Waals surface area contributed by atoms with Crippen molar-refractivity contribution in [3.63, 3.8) is 0 Å². The van der Waals surface area contributed by atoms with Gasteiger partial charge in [0.15, 0.2) is 0 Å². The molecule has 0 saturated carbocycles. The first-order valence-corrected chi connectivity index (χ1v) is 6.79. The zero-order chi connectivity index (χ0) is 14.5. The molecule has 1 N–H and O–H groups in total. The molecule has 1 fully saturated rings. The number of nitrogens with zero attached hydrogens (tertiary/aromatic N) is 2. The van der Waals surface area contributed by atoms with E-state index in [-0.39, 0.29) is 12.3 Å². The standard InChI is InChI=1S/C14H20N2O4/c1-15(9-11-4-6-20-7-5-11)13-2-3-14(16(18)19)12(8-13)10-17/h2-3,8,11,17H,4-7,9-10H2,1H3. The average Bonchev–Trinajstić information content (AvgIpc) is 2.47. The smallest absolute Gasteiger partial charge is 0.275 e. The lowest BCUT2D eigenvalue weighted by molar-refractivity contribution is -0.385. The molecule has 0 aromatic heterocycles. The van der Waals surface area contributed by atoms with Gasteiger partial charge in [-0.05, 0) is 30.9 Å². The first kappa shape index (κ1) is 14.7. The maximum absolute atomic E-state index is 10.8. The van der Waals surface area contributed by atoms with Crippen molar-refractivity contribution in [1.29, 1.82) is 0 Å². The van der Waals surface area contributed by atoms with E-state index >= 15 is 0 Å². The number of hydrogen-bond donors (Lipinski definition) is 1. The summed E-state index contributed by atoms with van der Waals surface area (Å²) in [6.07, 6.45) is 2.09. The zero-order valence-corrected chi connectivity index (χ0v) is 11.6. The second kappa shape index (κ2) is 6.67. The molecule has 6 nitrogen and oxygen atoms in total. The van der Waals surface area contributed by atoms with Gasteiger partial charge in [0.2, 0.25) is 0 Å². The third-order valence-corrected chi connectivity index (χ3v) is 3.74. The Kier molecular flexibility index (Phi) is 4.92. The molecule has 20 heavy (non-hydrogen) atoms. The molecule has 1 aliphatic heterocycles. The number of ether oxygens (including phenoxy) is 1. The summed E-state index contributed by atoms with van der Waals surface area (Å²) in [5, 5.41) is 20.1. The highest BCUT2D eigenvalue weighted by Gasteiger charge is 2.18. The van der Waals surface area contributed by atoms with Gasteiger partial charge in [-0.25, -0.2) is 0 Å². The van der Waals surface area contributed by atoms with Crippen molar-refractivity contribution in [1.82, 2.24) is 0 Å². The van der Waals surface area contributed by atoms with Gasteiger partial charge in [-0.3, -0.25) is 10.1 Å². The summed E-state index contributed by atoms with van der Waals surface area (Å²) in [5.74, 6) is 0.585. The highest BCUT2D eigenvalue weighted by atomic mass is 16.6. The molecule has 1 heterocycles. The summed E-state index contributed by atoms with van der Waals surface area (Å²) in [4.78, 5) is 12.5. The second-order valence-electron chi connectivity index (χ2n) is 5.16. The van der Waals surface area contributed by atoms with Crippen LogP contribution >= 0.6 is 0 Å². The van der Waals surface area contributed by atoms with Crippen LogP contribution < -0.4 is 4.90 Å². The summed E-state index contributed by atoms with van der Waals surface area (Å²) in [6.45, 7) is 2.18. The molecule has 110 valence electrons. The quantitative estimate of drug-likeness (QED) is 0.659. The molecule has 2 rings (SSSR count). The molecule has 0 amide bonds. The minimum atomic E-state index is -0.464. The summed E-state index contributed by atoms with van der Waals surface area (Å²) in [6, 6.07) is 4.88. The first-order chi connectivity index (χ1) is 9.61. The van der Waals surface area contributed by atoms with Crippen LogP contribution in [0.15, 0.2) is 18.2 Å². The molecule has 0 spiro atoms. The molecule has 1 aliphatic rings. The number of nitro groups is 1. The normalized spacial score (nSPS) is 16.1. The predicted octanol–water partition coefficient (Wildman–Crippen LogP) is 1.95. The molecule has 0 atom stereocenters. The van der Waals surface area contributed by atoms with E-state index < -0.39 is 4.92 Å². The topological polar surface area (TPSA) is 75.8 Å². The third-order valence-electron chi connectivity index (χ3n) is 3.74. The highest BCUT2D eigenvalue weighted by molar-refractivity contribution is 5.55. The van der Waals surface area contributed by atoms with E-state index in [1.165, 1.54) is 6.07 Å². The van der Waals surface area contributed by atoms with Gasteiger partial charge in [-0.1, -0.05) is 0 Å². The fourth-order valence-corrected chi connectivity index (χ4v) is 2.54. The third kappa shape index (κ3) is 3.46. The van der Waals surface area contributed by atoms with Crippen molar-refractivity contribution >= 4 is 11.4 Å². The van der Waals surface area contributed by atoms with Crippen molar-refractivity contribution in [2.75, 3.05) is 31.7 Å². The zero-order valence-electron chi connectivity index (χ0n) is 11.6. The Morgan fingerprint density at radius 2 is 2.15 bits per heavy atom. The molecular weight excluding hydrogens is 260 g/mol. The number of aliphatic hydroxyl groups is 1. The monoisotopic (exact) mass is 280 g/mol. The van der Waals surface area contributed by atoms with Crippen molar-refractivity contribution in [3.8, 4) is 0 Å². The van der Waals surface area contributed by atoms with Gasteiger partial charge in [-0.2, -0.15) is 0 Å². The van der Waals surface area contributed by atoms with Crippen LogP contribution in [-0.2, 0) is 11.3 Å². The Morgan fingerprint density at radius 3 is 2.75 bits per heavy atom. The minimum Gasteiger partial charge on any atom is -0.391 e. The van der Waals surface area contributed by atoms with Gasteiger partial charge in [0.25, 0.3) is 5.69 Å². The summed E-state index contributed by atoms with van der Waals surface area (Å²) >= 11 is 0. The highest BCUT2D eigenvalue weighted by Crippen LogP contribution is 2.26. The molecular formula is C14H20N2O4. The number of anilines is 1. The van der Waals surface area contributed by atoms with Crippen LogP contribution in [0.2, 0.25) is 0 Å². The van der Waals surface area contributed by atoms with Crippen molar-refractivity contribution in [2.45, 2.75) is 19.4 Å². The molecule has 6 heteroatoms. The maximum Gasteiger partial charge on any atom is 0.275 e. The van der Waals surface area contributed by atoms with Crippen LogP contribution in [0.1, 0.15) is 18.4 Å². The fraction of sp³-hybridized carbons (Fsp3) is 0.571. The molecule has 0 unspecified atom stereocenters. The van der Waals surface area contributed by atoms with Crippen molar-refractivity contribution in [2.24, 2.45) is 5.92 Å². The van der Waals surface area contributed by atoms with Crippen LogP contribution in [0.4, 0.5) is 11.4 Å². The summed E-state index contributed by atoms with van der Waals surface area (Å²) in [5.41, 5.74) is 1.22. The van der Waals surface area contributed by atoms with E-state index in [0.717, 1.165) is 38.3 Å². The number of aliphatic hydroxyl groups excluding tert-OH is 1. The molecule has 1 aromatic carbocycles.